The number of piperidine rings is 1. The molecule has 1 saturated carbocycles. The van der Waals surface area contributed by atoms with E-state index in [9.17, 15) is 9.18 Å². The second-order valence-electron chi connectivity index (χ2n) is 7.65. The van der Waals surface area contributed by atoms with Crippen LogP contribution in [0.4, 0.5) is 9.18 Å². The van der Waals surface area contributed by atoms with Gasteiger partial charge in [-0.2, -0.15) is 0 Å². The van der Waals surface area contributed by atoms with Gasteiger partial charge >= 0.3 is 6.03 Å². The third-order valence-electron chi connectivity index (χ3n) is 5.69. The summed E-state index contributed by atoms with van der Waals surface area (Å²) in [7, 11) is 0. The third kappa shape index (κ3) is 3.56. The number of nitrogens with zero attached hydrogens (tertiary/aromatic N) is 2. The Labute approximate surface area is 143 Å². The molecule has 3 saturated heterocycles. The van der Waals surface area contributed by atoms with Gasteiger partial charge in [-0.15, -0.1) is 0 Å². The highest BCUT2D eigenvalue weighted by Crippen LogP contribution is 2.34. The smallest absolute Gasteiger partial charge is 0.317 e. The molecule has 1 aromatic rings. The molecule has 5 rings (SSSR count). The lowest BCUT2D eigenvalue weighted by atomic mass is 9.95. The van der Waals surface area contributed by atoms with E-state index in [0.717, 1.165) is 25.6 Å². The van der Waals surface area contributed by atoms with Gasteiger partial charge in [0.25, 0.3) is 0 Å². The van der Waals surface area contributed by atoms with Crippen LogP contribution in [0, 0.1) is 17.7 Å². The highest BCUT2D eigenvalue weighted by atomic mass is 19.1. The second-order valence-corrected chi connectivity index (χ2v) is 7.65. The fourth-order valence-electron chi connectivity index (χ4n) is 4.12. The van der Waals surface area contributed by atoms with E-state index in [2.05, 4.69) is 10.2 Å². The molecule has 130 valence electrons. The number of amides is 2. The maximum Gasteiger partial charge on any atom is 0.317 e. The van der Waals surface area contributed by atoms with Gasteiger partial charge in [-0.05, 0) is 43.6 Å². The van der Waals surface area contributed by atoms with Gasteiger partial charge in [0, 0.05) is 44.3 Å². The normalized spacial score (nSPS) is 27.1. The van der Waals surface area contributed by atoms with Crippen LogP contribution in [0.2, 0.25) is 0 Å². The van der Waals surface area contributed by atoms with Crippen molar-refractivity contribution in [3.8, 4) is 0 Å². The number of hydrogen-bond donors (Lipinski definition) is 1. The van der Waals surface area contributed by atoms with Gasteiger partial charge in [-0.3, -0.25) is 4.90 Å². The Bertz CT molecular complexity index is 604. The van der Waals surface area contributed by atoms with E-state index >= 15 is 0 Å². The quantitative estimate of drug-likeness (QED) is 0.921. The monoisotopic (exact) mass is 331 g/mol. The van der Waals surface area contributed by atoms with Crippen molar-refractivity contribution in [3.63, 3.8) is 0 Å². The molecule has 1 aliphatic carbocycles. The lowest BCUT2D eigenvalue weighted by Gasteiger charge is -2.36. The van der Waals surface area contributed by atoms with Crippen LogP contribution in [0.3, 0.4) is 0 Å². The maximum atomic E-state index is 13.7. The van der Waals surface area contributed by atoms with Gasteiger partial charge in [-0.1, -0.05) is 18.2 Å². The van der Waals surface area contributed by atoms with E-state index in [4.69, 9.17) is 0 Å². The summed E-state index contributed by atoms with van der Waals surface area (Å²) >= 11 is 0. The van der Waals surface area contributed by atoms with Crippen LogP contribution >= 0.6 is 0 Å². The van der Waals surface area contributed by atoms with Crippen LogP contribution in [0.1, 0.15) is 31.2 Å². The molecule has 2 bridgehead atoms. The van der Waals surface area contributed by atoms with E-state index in [1.54, 1.807) is 18.2 Å². The fourth-order valence-corrected chi connectivity index (χ4v) is 4.12. The van der Waals surface area contributed by atoms with Gasteiger partial charge in [-0.25, -0.2) is 9.18 Å². The van der Waals surface area contributed by atoms with E-state index in [1.807, 2.05) is 4.90 Å². The van der Waals surface area contributed by atoms with Crippen LogP contribution in [-0.2, 0) is 6.54 Å². The van der Waals surface area contributed by atoms with Crippen molar-refractivity contribution in [2.24, 2.45) is 11.8 Å². The molecule has 1 N–H and O–H groups in total. The number of carbonyl (C=O) groups excluding carboxylic acids is 1. The van der Waals surface area contributed by atoms with Crippen molar-refractivity contribution in [3.05, 3.63) is 35.6 Å². The van der Waals surface area contributed by atoms with Crippen molar-refractivity contribution in [1.29, 1.82) is 0 Å². The number of rotatable bonds is 4. The Hall–Kier alpha value is -1.62. The summed E-state index contributed by atoms with van der Waals surface area (Å²) in [6.45, 7) is 4.25. The predicted molar refractivity (Wildman–Crippen MR) is 91.0 cm³/mol. The number of halogens is 1. The molecule has 5 heteroatoms. The minimum Gasteiger partial charge on any atom is -0.334 e. The zero-order valence-electron chi connectivity index (χ0n) is 14.1. The molecule has 0 aromatic heterocycles. The molecule has 0 unspecified atom stereocenters. The van der Waals surface area contributed by atoms with E-state index in [1.165, 1.54) is 38.3 Å². The van der Waals surface area contributed by atoms with Gasteiger partial charge < -0.3 is 10.2 Å². The van der Waals surface area contributed by atoms with Gasteiger partial charge in [0.2, 0.25) is 0 Å². The molecule has 3 heterocycles. The number of carbonyl (C=O) groups is 1. The highest BCUT2D eigenvalue weighted by molar-refractivity contribution is 5.74. The van der Waals surface area contributed by atoms with Crippen molar-refractivity contribution in [1.82, 2.24) is 15.1 Å². The molecular weight excluding hydrogens is 305 g/mol. The highest BCUT2D eigenvalue weighted by Gasteiger charge is 2.38. The number of hydrogen-bond acceptors (Lipinski definition) is 2. The summed E-state index contributed by atoms with van der Waals surface area (Å²) in [5.41, 5.74) is 0.541. The SMILES string of the molecule is O=C(NCc1ccccc1F)N1C[C@H]2CC[C@@H](C1)N(CC1CC1)C2. The van der Waals surface area contributed by atoms with E-state index in [-0.39, 0.29) is 18.4 Å². The first kappa shape index (κ1) is 15.9. The predicted octanol–water partition coefficient (Wildman–Crippen LogP) is 2.84. The molecule has 3 aliphatic heterocycles. The molecule has 24 heavy (non-hydrogen) atoms. The largest absolute Gasteiger partial charge is 0.334 e. The summed E-state index contributed by atoms with van der Waals surface area (Å²) < 4.78 is 13.7. The van der Waals surface area contributed by atoms with Crippen molar-refractivity contribution < 1.29 is 9.18 Å². The zero-order valence-corrected chi connectivity index (χ0v) is 14.1. The molecule has 2 atom stereocenters. The Morgan fingerprint density at radius 2 is 1.96 bits per heavy atom. The molecule has 1 aromatic carbocycles. The summed E-state index contributed by atoms with van der Waals surface area (Å²) in [5, 5.41) is 2.90. The van der Waals surface area contributed by atoms with Crippen molar-refractivity contribution >= 4 is 6.03 Å². The minimum absolute atomic E-state index is 0.0524. The number of nitrogens with one attached hydrogen (secondary N) is 1. The first-order chi connectivity index (χ1) is 11.7. The number of urea groups is 1. The molecule has 0 radical (unpaired) electrons. The molecule has 4 nitrogen and oxygen atoms in total. The third-order valence-corrected chi connectivity index (χ3v) is 5.69. The summed E-state index contributed by atoms with van der Waals surface area (Å²) in [6, 6.07) is 7.07. The second kappa shape index (κ2) is 6.71. The van der Waals surface area contributed by atoms with Gasteiger partial charge in [0.05, 0.1) is 0 Å². The molecule has 4 aliphatic rings. The topological polar surface area (TPSA) is 35.6 Å². The van der Waals surface area contributed by atoms with Crippen LogP contribution < -0.4 is 5.32 Å². The Balaban J connectivity index is 1.35. The molecular formula is C19H26FN3O. The van der Waals surface area contributed by atoms with Gasteiger partial charge in [0.1, 0.15) is 5.82 Å². The fraction of sp³-hybridized carbons (Fsp3) is 0.632. The Kier molecular flexibility index (Phi) is 4.44. The van der Waals surface area contributed by atoms with E-state index in [0.29, 0.717) is 17.5 Å². The summed E-state index contributed by atoms with van der Waals surface area (Å²) in [4.78, 5) is 17.1. The van der Waals surface area contributed by atoms with Crippen LogP contribution in [0.25, 0.3) is 0 Å². The van der Waals surface area contributed by atoms with Crippen LogP contribution in [0.15, 0.2) is 24.3 Å². The standard InChI is InChI=1S/C19H26FN3O/c20-18-4-2-1-3-16(18)9-21-19(24)23-12-15-7-8-17(13-23)22(11-15)10-14-5-6-14/h1-4,14-15,17H,5-13H2,(H,21,24)/t15-,17-/m0/s1. The molecule has 2 amide bonds. The van der Waals surface area contributed by atoms with Crippen molar-refractivity contribution in [2.45, 2.75) is 38.3 Å². The average Bonchev–Trinajstić information content (AvgIpc) is 3.41. The lowest BCUT2D eigenvalue weighted by molar-refractivity contribution is 0.126. The van der Waals surface area contributed by atoms with Gasteiger partial charge in [0.15, 0.2) is 0 Å². The maximum absolute atomic E-state index is 13.7. The number of fused-ring (bicyclic) bond motifs is 4. The number of benzene rings is 1. The van der Waals surface area contributed by atoms with E-state index < -0.39 is 0 Å². The summed E-state index contributed by atoms with van der Waals surface area (Å²) in [5.74, 6) is 1.22. The Morgan fingerprint density at radius 1 is 1.12 bits per heavy atom. The Morgan fingerprint density at radius 3 is 2.75 bits per heavy atom. The first-order valence-electron chi connectivity index (χ1n) is 9.19. The summed E-state index contributed by atoms with van der Waals surface area (Å²) in [6.07, 6.45) is 5.18. The molecule has 4 fully saturated rings. The average molecular weight is 331 g/mol. The van der Waals surface area contributed by atoms with Crippen LogP contribution in [-0.4, -0.2) is 48.1 Å². The minimum atomic E-state index is -0.260. The van der Waals surface area contributed by atoms with Crippen LogP contribution in [0.5, 0.6) is 0 Å². The van der Waals surface area contributed by atoms with Crippen molar-refractivity contribution in [2.75, 3.05) is 26.2 Å². The first-order valence-corrected chi connectivity index (χ1v) is 9.19. The lowest BCUT2D eigenvalue weighted by Crippen LogP contribution is -2.46. The zero-order chi connectivity index (χ0) is 16.5. The molecule has 0 spiro atoms.